The van der Waals surface area contributed by atoms with Crippen molar-refractivity contribution in [2.75, 3.05) is 0 Å². The highest BCUT2D eigenvalue weighted by Gasteiger charge is 2.00. The van der Waals surface area contributed by atoms with Crippen LogP contribution >= 0.6 is 0 Å². The van der Waals surface area contributed by atoms with E-state index in [-0.39, 0.29) is 0 Å². The predicted octanol–water partition coefficient (Wildman–Crippen LogP) is 1.19. The molecule has 1 aromatic heterocycles. The van der Waals surface area contributed by atoms with Gasteiger partial charge in [0.15, 0.2) is 0 Å². The normalized spacial score (nSPS) is 10.8. The Hall–Kier alpha value is -1.38. The van der Waals surface area contributed by atoms with Crippen molar-refractivity contribution in [1.29, 1.82) is 0 Å². The summed E-state index contributed by atoms with van der Waals surface area (Å²) in [6.45, 7) is 2.04. The molecule has 0 radical (unpaired) electrons. The Morgan fingerprint density at radius 3 is 3.00 bits per heavy atom. The molecule has 1 heterocycles. The van der Waals surface area contributed by atoms with Crippen LogP contribution in [-0.2, 0) is 18.3 Å². The zero-order chi connectivity index (χ0) is 8.97. The number of aldehydes is 1. The summed E-state index contributed by atoms with van der Waals surface area (Å²) in [6.07, 6.45) is 6.82. The first-order chi connectivity index (χ1) is 5.77. The third kappa shape index (κ3) is 1.81. The van der Waals surface area contributed by atoms with E-state index >= 15 is 0 Å². The maximum absolute atomic E-state index is 10.1. The lowest BCUT2D eigenvalue weighted by Crippen LogP contribution is -1.88. The smallest absolute Gasteiger partial charge is 0.142 e. The summed E-state index contributed by atoms with van der Waals surface area (Å²) in [6, 6.07) is 0. The van der Waals surface area contributed by atoms with Gasteiger partial charge in [0.2, 0.25) is 0 Å². The minimum atomic E-state index is 0.770. The maximum atomic E-state index is 10.1. The van der Waals surface area contributed by atoms with Crippen molar-refractivity contribution >= 4 is 12.4 Å². The van der Waals surface area contributed by atoms with Gasteiger partial charge in [0.1, 0.15) is 6.29 Å². The number of rotatable bonds is 3. The Balaban J connectivity index is 2.96. The van der Waals surface area contributed by atoms with Gasteiger partial charge in [0, 0.05) is 18.8 Å². The number of hydrogen-bond acceptors (Lipinski definition) is 2. The van der Waals surface area contributed by atoms with Gasteiger partial charge in [-0.05, 0) is 18.6 Å². The first-order valence-electron chi connectivity index (χ1n) is 3.92. The quantitative estimate of drug-likeness (QED) is 0.497. The molecule has 3 heteroatoms. The lowest BCUT2D eigenvalue weighted by Gasteiger charge is -1.88. The Bertz CT molecular complexity index is 299. The maximum Gasteiger partial charge on any atom is 0.142 e. The van der Waals surface area contributed by atoms with E-state index in [1.165, 1.54) is 6.08 Å². The summed E-state index contributed by atoms with van der Waals surface area (Å²) in [5, 5.41) is 4.23. The molecule has 0 saturated carbocycles. The van der Waals surface area contributed by atoms with E-state index in [9.17, 15) is 4.79 Å². The number of aromatic nitrogens is 2. The van der Waals surface area contributed by atoms with Crippen LogP contribution in [0.4, 0.5) is 0 Å². The van der Waals surface area contributed by atoms with Gasteiger partial charge in [-0.1, -0.05) is 6.92 Å². The van der Waals surface area contributed by atoms with Crippen molar-refractivity contribution in [3.05, 3.63) is 23.5 Å². The highest BCUT2D eigenvalue weighted by atomic mass is 16.1. The molecule has 0 aliphatic heterocycles. The Kier molecular flexibility index (Phi) is 2.80. The van der Waals surface area contributed by atoms with Gasteiger partial charge in [-0.25, -0.2) is 0 Å². The summed E-state index contributed by atoms with van der Waals surface area (Å²) >= 11 is 0. The van der Waals surface area contributed by atoms with E-state index in [1.54, 1.807) is 10.8 Å². The van der Waals surface area contributed by atoms with Crippen molar-refractivity contribution in [3.8, 4) is 0 Å². The zero-order valence-corrected chi connectivity index (χ0v) is 7.32. The van der Waals surface area contributed by atoms with Crippen LogP contribution in [0.1, 0.15) is 18.2 Å². The van der Waals surface area contributed by atoms with Gasteiger partial charge in [-0.3, -0.25) is 9.48 Å². The van der Waals surface area contributed by atoms with E-state index in [2.05, 4.69) is 5.10 Å². The summed E-state index contributed by atoms with van der Waals surface area (Å²) in [4.78, 5) is 10.1. The molecule has 0 spiro atoms. The van der Waals surface area contributed by atoms with E-state index in [1.807, 2.05) is 20.2 Å². The Morgan fingerprint density at radius 2 is 2.42 bits per heavy atom. The average molecular weight is 164 g/mol. The lowest BCUT2D eigenvalue weighted by atomic mass is 10.2. The minimum Gasteiger partial charge on any atom is -0.299 e. The van der Waals surface area contributed by atoms with Gasteiger partial charge < -0.3 is 0 Å². The fourth-order valence-electron chi connectivity index (χ4n) is 1.11. The minimum absolute atomic E-state index is 0.770. The van der Waals surface area contributed by atoms with Crippen LogP contribution in [0.3, 0.4) is 0 Å². The van der Waals surface area contributed by atoms with Crippen molar-refractivity contribution in [2.45, 2.75) is 13.3 Å². The molecule has 0 unspecified atom stereocenters. The lowest BCUT2D eigenvalue weighted by molar-refractivity contribution is -0.104. The third-order valence-corrected chi connectivity index (χ3v) is 1.63. The molecule has 0 bridgehead atoms. The molecule has 3 nitrogen and oxygen atoms in total. The molecule has 1 aromatic rings. The molecule has 0 aliphatic carbocycles. The molecule has 0 atom stereocenters. The van der Waals surface area contributed by atoms with E-state index in [0.29, 0.717) is 0 Å². The van der Waals surface area contributed by atoms with E-state index in [0.717, 1.165) is 24.0 Å². The monoisotopic (exact) mass is 164 g/mol. The first kappa shape index (κ1) is 8.71. The van der Waals surface area contributed by atoms with Crippen LogP contribution in [0.25, 0.3) is 6.08 Å². The summed E-state index contributed by atoms with van der Waals surface area (Å²) in [5.41, 5.74) is 2.04. The second-order valence-electron chi connectivity index (χ2n) is 2.55. The van der Waals surface area contributed by atoms with Crippen molar-refractivity contribution in [1.82, 2.24) is 9.78 Å². The Labute approximate surface area is 71.7 Å². The van der Waals surface area contributed by atoms with Crippen LogP contribution in [-0.4, -0.2) is 16.1 Å². The molecule has 0 amide bonds. The summed E-state index contributed by atoms with van der Waals surface area (Å²) in [5.74, 6) is 0. The Morgan fingerprint density at radius 1 is 1.67 bits per heavy atom. The molecular weight excluding hydrogens is 152 g/mol. The largest absolute Gasteiger partial charge is 0.299 e. The van der Waals surface area contributed by atoms with Crippen molar-refractivity contribution < 1.29 is 4.79 Å². The summed E-state index contributed by atoms with van der Waals surface area (Å²) in [7, 11) is 1.87. The number of aryl methyl sites for hydroxylation is 2. The van der Waals surface area contributed by atoms with Crippen LogP contribution in [0.2, 0.25) is 0 Å². The first-order valence-corrected chi connectivity index (χ1v) is 3.92. The number of carbonyl (C=O) groups excluding carboxylic acids is 1. The number of nitrogens with zero attached hydrogens (tertiary/aromatic N) is 2. The fourth-order valence-corrected chi connectivity index (χ4v) is 1.11. The van der Waals surface area contributed by atoms with Gasteiger partial charge in [0.05, 0.1) is 5.69 Å². The molecule has 12 heavy (non-hydrogen) atoms. The molecule has 64 valence electrons. The molecule has 0 N–H and O–H groups in total. The van der Waals surface area contributed by atoms with Crippen molar-refractivity contribution in [3.63, 3.8) is 0 Å². The van der Waals surface area contributed by atoms with Crippen LogP contribution in [0, 0.1) is 0 Å². The molecular formula is C9H12N2O. The molecule has 0 aromatic carbocycles. The SMILES string of the molecule is CCc1nn(C)cc1/C=C/C=O. The summed E-state index contributed by atoms with van der Waals surface area (Å²) < 4.78 is 1.75. The highest BCUT2D eigenvalue weighted by molar-refractivity contribution is 5.74. The van der Waals surface area contributed by atoms with Gasteiger partial charge in [0.25, 0.3) is 0 Å². The number of hydrogen-bond donors (Lipinski definition) is 0. The third-order valence-electron chi connectivity index (χ3n) is 1.63. The average Bonchev–Trinajstić information content (AvgIpc) is 2.42. The van der Waals surface area contributed by atoms with Gasteiger partial charge in [-0.15, -0.1) is 0 Å². The molecule has 1 rings (SSSR count). The van der Waals surface area contributed by atoms with Crippen LogP contribution < -0.4 is 0 Å². The van der Waals surface area contributed by atoms with Crippen LogP contribution in [0.15, 0.2) is 12.3 Å². The van der Waals surface area contributed by atoms with Gasteiger partial charge in [-0.2, -0.15) is 5.10 Å². The molecule has 0 aliphatic rings. The molecule has 0 saturated heterocycles. The van der Waals surface area contributed by atoms with Crippen LogP contribution in [0.5, 0.6) is 0 Å². The predicted molar refractivity (Wildman–Crippen MR) is 47.7 cm³/mol. The number of allylic oxidation sites excluding steroid dienone is 1. The number of carbonyl (C=O) groups is 1. The highest BCUT2D eigenvalue weighted by Crippen LogP contribution is 2.08. The van der Waals surface area contributed by atoms with Gasteiger partial charge >= 0.3 is 0 Å². The second-order valence-corrected chi connectivity index (χ2v) is 2.55. The van der Waals surface area contributed by atoms with E-state index < -0.39 is 0 Å². The fraction of sp³-hybridized carbons (Fsp3) is 0.333. The second kappa shape index (κ2) is 3.85. The standard InChI is InChI=1S/C9H12N2O/c1-3-9-8(5-4-6-12)7-11(2)10-9/h4-7H,3H2,1-2H3/b5-4+. The topological polar surface area (TPSA) is 34.9 Å². The molecule has 0 fully saturated rings. The zero-order valence-electron chi connectivity index (χ0n) is 7.32. The van der Waals surface area contributed by atoms with Crippen molar-refractivity contribution in [2.24, 2.45) is 7.05 Å². The van der Waals surface area contributed by atoms with E-state index in [4.69, 9.17) is 0 Å².